The van der Waals surface area contributed by atoms with Crippen molar-refractivity contribution in [2.24, 2.45) is 5.10 Å². The number of halogens is 1. The first-order valence-electron chi connectivity index (χ1n) is 6.08. The average molecular weight is 311 g/mol. The predicted molar refractivity (Wildman–Crippen MR) is 72.3 cm³/mol. The lowest BCUT2D eigenvalue weighted by Gasteiger charge is -2.33. The number of esters is 1. The second-order valence-electron chi connectivity index (χ2n) is 4.70. The summed E-state index contributed by atoms with van der Waals surface area (Å²) < 4.78 is 10.3. The van der Waals surface area contributed by atoms with Crippen molar-refractivity contribution in [2.45, 2.75) is 12.0 Å². The number of carboxylic acid groups (broad SMARTS) is 1. The number of carbonyl (C=O) groups is 2. The van der Waals surface area contributed by atoms with E-state index in [1.807, 2.05) is 0 Å². The molecule has 21 heavy (non-hydrogen) atoms. The number of methoxy groups -OCH3 is 1. The van der Waals surface area contributed by atoms with Gasteiger partial charge in [0.05, 0.1) is 7.11 Å². The quantitative estimate of drug-likeness (QED) is 0.794. The molecular weight excluding hydrogens is 300 g/mol. The predicted octanol–water partition coefficient (Wildman–Crippen LogP) is 1.48. The molecule has 3 rings (SSSR count). The number of benzene rings is 1. The highest BCUT2D eigenvalue weighted by Crippen LogP contribution is 2.38. The van der Waals surface area contributed by atoms with E-state index < -0.39 is 17.7 Å². The molecule has 2 aliphatic rings. The molecule has 1 heterocycles. The van der Waals surface area contributed by atoms with Gasteiger partial charge >= 0.3 is 12.1 Å². The Morgan fingerprint density at radius 2 is 2.29 bits per heavy atom. The Hall–Kier alpha value is -2.12. The molecule has 0 saturated heterocycles. The largest absolute Gasteiger partial charge is 0.467 e. The highest BCUT2D eigenvalue weighted by Gasteiger charge is 2.55. The van der Waals surface area contributed by atoms with Crippen molar-refractivity contribution in [1.82, 2.24) is 5.01 Å². The molecule has 1 aliphatic heterocycles. The van der Waals surface area contributed by atoms with Gasteiger partial charge in [0, 0.05) is 17.0 Å². The number of fused-ring (bicyclic) bond motifs is 3. The van der Waals surface area contributed by atoms with Gasteiger partial charge in [-0.1, -0.05) is 17.7 Å². The fraction of sp³-hybridized carbons (Fsp3) is 0.308. The van der Waals surface area contributed by atoms with E-state index in [1.54, 1.807) is 18.2 Å². The molecule has 0 spiro atoms. The molecule has 1 aromatic rings. The summed E-state index contributed by atoms with van der Waals surface area (Å²) in [7, 11) is 1.25. The summed E-state index contributed by atoms with van der Waals surface area (Å²) >= 11 is 5.96. The van der Waals surface area contributed by atoms with Crippen LogP contribution in [0.25, 0.3) is 0 Å². The fourth-order valence-electron chi connectivity index (χ4n) is 2.57. The molecule has 0 radical (unpaired) electrons. The molecule has 0 fully saturated rings. The Morgan fingerprint density at radius 3 is 2.95 bits per heavy atom. The molecule has 1 aromatic carbocycles. The van der Waals surface area contributed by atoms with Crippen molar-refractivity contribution in [1.29, 1.82) is 0 Å². The van der Waals surface area contributed by atoms with Crippen LogP contribution >= 0.6 is 11.6 Å². The fourth-order valence-corrected chi connectivity index (χ4v) is 2.77. The van der Waals surface area contributed by atoms with Gasteiger partial charge in [0.2, 0.25) is 5.60 Å². The molecule has 0 saturated carbocycles. The first-order valence-corrected chi connectivity index (χ1v) is 6.46. The zero-order valence-electron chi connectivity index (χ0n) is 11.0. The lowest BCUT2D eigenvalue weighted by Crippen LogP contribution is -2.54. The topological polar surface area (TPSA) is 88.4 Å². The Balaban J connectivity index is 2.16. The van der Waals surface area contributed by atoms with E-state index >= 15 is 0 Å². The van der Waals surface area contributed by atoms with Crippen LogP contribution in [0.3, 0.4) is 0 Å². The van der Waals surface area contributed by atoms with E-state index in [9.17, 15) is 9.59 Å². The molecule has 0 aromatic heterocycles. The molecule has 110 valence electrons. The van der Waals surface area contributed by atoms with Gasteiger partial charge in [0.25, 0.3) is 0 Å². The molecule has 8 heteroatoms. The van der Waals surface area contributed by atoms with Gasteiger partial charge in [-0.3, -0.25) is 0 Å². The minimum atomic E-state index is -1.41. The van der Waals surface area contributed by atoms with Crippen molar-refractivity contribution in [3.8, 4) is 0 Å². The van der Waals surface area contributed by atoms with Gasteiger partial charge < -0.3 is 14.6 Å². The SMILES string of the molecule is COC(=O)C12Cc3cc(Cl)ccc3C1=NN(C(=O)O)CO2. The van der Waals surface area contributed by atoms with Crippen molar-refractivity contribution in [2.75, 3.05) is 13.8 Å². The average Bonchev–Trinajstić information content (AvgIpc) is 2.79. The standard InChI is InChI=1S/C13H11ClN2O5/c1-20-11(17)13-5-7-4-8(14)2-3-9(7)10(13)15-16(6-21-13)12(18)19/h2-4H,5-6H2,1H3,(H,18,19). The van der Waals surface area contributed by atoms with Gasteiger partial charge in [-0.2, -0.15) is 10.1 Å². The van der Waals surface area contributed by atoms with Crippen LogP contribution in [0.5, 0.6) is 0 Å². The second-order valence-corrected chi connectivity index (χ2v) is 5.14. The summed E-state index contributed by atoms with van der Waals surface area (Å²) in [5.41, 5.74) is 0.220. The van der Waals surface area contributed by atoms with Crippen LogP contribution in [0.2, 0.25) is 5.02 Å². The molecule has 1 atom stereocenters. The number of hydrogen-bond donors (Lipinski definition) is 1. The summed E-state index contributed by atoms with van der Waals surface area (Å²) in [5.74, 6) is -0.612. The van der Waals surface area contributed by atoms with Gasteiger partial charge in [0.1, 0.15) is 12.4 Å². The van der Waals surface area contributed by atoms with Gasteiger partial charge in [-0.15, -0.1) is 0 Å². The highest BCUT2D eigenvalue weighted by atomic mass is 35.5. The van der Waals surface area contributed by atoms with Crippen LogP contribution in [0.15, 0.2) is 23.3 Å². The Morgan fingerprint density at radius 1 is 1.52 bits per heavy atom. The summed E-state index contributed by atoms with van der Waals surface area (Å²) in [6.07, 6.45) is -1.05. The van der Waals surface area contributed by atoms with Gasteiger partial charge in [-0.25, -0.2) is 9.59 Å². The number of rotatable bonds is 1. The summed E-state index contributed by atoms with van der Waals surface area (Å²) in [5, 5.41) is 14.3. The summed E-state index contributed by atoms with van der Waals surface area (Å²) in [6, 6.07) is 5.04. The van der Waals surface area contributed by atoms with E-state index in [0.29, 0.717) is 10.6 Å². The van der Waals surface area contributed by atoms with Crippen molar-refractivity contribution >= 4 is 29.4 Å². The molecular formula is C13H11ClN2O5. The number of carbonyl (C=O) groups excluding carboxylic acids is 1. The first-order chi connectivity index (χ1) is 9.98. The van der Waals surface area contributed by atoms with E-state index in [2.05, 4.69) is 5.10 Å². The van der Waals surface area contributed by atoms with Crippen molar-refractivity contribution < 1.29 is 24.2 Å². The van der Waals surface area contributed by atoms with Crippen LogP contribution in [-0.4, -0.2) is 47.3 Å². The van der Waals surface area contributed by atoms with Crippen LogP contribution < -0.4 is 0 Å². The lowest BCUT2D eigenvalue weighted by atomic mass is 9.97. The third-order valence-corrected chi connectivity index (χ3v) is 3.77. The van der Waals surface area contributed by atoms with E-state index in [0.717, 1.165) is 10.6 Å². The molecule has 1 aliphatic carbocycles. The number of hydrogen-bond acceptors (Lipinski definition) is 5. The maximum Gasteiger partial charge on any atom is 0.430 e. The maximum absolute atomic E-state index is 12.2. The van der Waals surface area contributed by atoms with Crippen LogP contribution in [0.4, 0.5) is 4.79 Å². The zero-order chi connectivity index (χ0) is 15.2. The third-order valence-electron chi connectivity index (χ3n) is 3.53. The van der Waals surface area contributed by atoms with E-state index in [4.69, 9.17) is 26.2 Å². The normalized spacial score (nSPS) is 23.1. The summed E-state index contributed by atoms with van der Waals surface area (Å²) in [4.78, 5) is 23.2. The van der Waals surface area contributed by atoms with E-state index in [1.165, 1.54) is 7.11 Å². The third kappa shape index (κ3) is 1.97. The van der Waals surface area contributed by atoms with Crippen molar-refractivity contribution in [3.63, 3.8) is 0 Å². The smallest absolute Gasteiger partial charge is 0.430 e. The Labute approximate surface area is 124 Å². The minimum absolute atomic E-state index is 0.210. The van der Waals surface area contributed by atoms with Crippen LogP contribution in [0, 0.1) is 0 Å². The Bertz CT molecular complexity index is 675. The number of hydrazone groups is 1. The van der Waals surface area contributed by atoms with Gasteiger partial charge in [-0.05, 0) is 17.7 Å². The molecule has 1 amide bonds. The number of amides is 1. The van der Waals surface area contributed by atoms with Crippen LogP contribution in [-0.2, 0) is 20.7 Å². The van der Waals surface area contributed by atoms with Crippen molar-refractivity contribution in [3.05, 3.63) is 34.3 Å². The molecule has 1 N–H and O–H groups in total. The minimum Gasteiger partial charge on any atom is -0.467 e. The molecule has 1 unspecified atom stereocenters. The lowest BCUT2D eigenvalue weighted by molar-refractivity contribution is -0.166. The second kappa shape index (κ2) is 4.71. The summed E-state index contributed by atoms with van der Waals surface area (Å²) in [6.45, 7) is -0.338. The Kier molecular flexibility index (Phi) is 3.11. The van der Waals surface area contributed by atoms with Gasteiger partial charge in [0.15, 0.2) is 0 Å². The molecule has 7 nitrogen and oxygen atoms in total. The molecule has 0 bridgehead atoms. The maximum atomic E-state index is 12.2. The first kappa shape index (κ1) is 13.8. The highest BCUT2D eigenvalue weighted by molar-refractivity contribution is 6.31. The number of nitrogens with zero attached hydrogens (tertiary/aromatic N) is 2. The zero-order valence-corrected chi connectivity index (χ0v) is 11.8. The monoisotopic (exact) mass is 310 g/mol. The van der Waals surface area contributed by atoms with E-state index in [-0.39, 0.29) is 18.9 Å². The van der Waals surface area contributed by atoms with Crippen LogP contribution in [0.1, 0.15) is 11.1 Å². The number of ether oxygens (including phenoxy) is 2.